The molecule has 0 fully saturated rings. The van der Waals surface area contributed by atoms with Gasteiger partial charge in [-0.05, 0) is 60.7 Å². The van der Waals surface area contributed by atoms with E-state index in [2.05, 4.69) is 20.8 Å². The molecule has 7 nitrogen and oxygen atoms in total. The van der Waals surface area contributed by atoms with E-state index in [1.54, 1.807) is 4.68 Å². The van der Waals surface area contributed by atoms with Gasteiger partial charge in [0.2, 0.25) is 11.1 Å². The van der Waals surface area contributed by atoms with E-state index in [1.807, 2.05) is 86.6 Å². The third-order valence-electron chi connectivity index (χ3n) is 4.46. The fourth-order valence-corrected chi connectivity index (χ4v) is 3.52. The van der Waals surface area contributed by atoms with Gasteiger partial charge in [0, 0.05) is 0 Å². The maximum absolute atomic E-state index is 12.6. The standard InChI is InChI=1S/C23H21N5O2S/c1-16-7-11-18(12-8-16)28-23(25-26-27-28)31-15-22(29)24-20-5-3-4-6-21(20)30-19-13-9-17(2)10-14-19/h3-14H,15H2,1-2H3,(H,24,29). The van der Waals surface area contributed by atoms with Crippen LogP contribution < -0.4 is 10.1 Å². The molecular weight excluding hydrogens is 410 g/mol. The number of hydrogen-bond donors (Lipinski definition) is 1. The number of carbonyl (C=O) groups is 1. The van der Waals surface area contributed by atoms with E-state index >= 15 is 0 Å². The maximum Gasteiger partial charge on any atom is 0.234 e. The highest BCUT2D eigenvalue weighted by Gasteiger charge is 2.13. The summed E-state index contributed by atoms with van der Waals surface area (Å²) < 4.78 is 7.56. The summed E-state index contributed by atoms with van der Waals surface area (Å²) in [7, 11) is 0. The van der Waals surface area contributed by atoms with Crippen LogP contribution in [0.15, 0.2) is 78.0 Å². The lowest BCUT2D eigenvalue weighted by Gasteiger charge is -2.12. The number of aromatic nitrogens is 4. The zero-order valence-electron chi connectivity index (χ0n) is 17.1. The molecule has 1 heterocycles. The van der Waals surface area contributed by atoms with Crippen molar-refractivity contribution < 1.29 is 9.53 Å². The molecule has 156 valence electrons. The number of hydrogen-bond acceptors (Lipinski definition) is 6. The van der Waals surface area contributed by atoms with Crippen molar-refractivity contribution in [1.82, 2.24) is 20.2 Å². The number of benzene rings is 3. The molecule has 0 bridgehead atoms. The summed E-state index contributed by atoms with van der Waals surface area (Å²) in [5.74, 6) is 1.27. The molecule has 0 aliphatic rings. The van der Waals surface area contributed by atoms with Crippen molar-refractivity contribution in [2.75, 3.05) is 11.1 Å². The van der Waals surface area contributed by atoms with Crippen LogP contribution in [-0.2, 0) is 4.79 Å². The second-order valence-corrected chi connectivity index (χ2v) is 7.90. The van der Waals surface area contributed by atoms with Gasteiger partial charge in [-0.2, -0.15) is 4.68 Å². The monoisotopic (exact) mass is 431 g/mol. The second-order valence-electron chi connectivity index (χ2n) is 6.96. The Balaban J connectivity index is 1.41. The summed E-state index contributed by atoms with van der Waals surface area (Å²) in [6.45, 7) is 4.04. The molecule has 0 radical (unpaired) electrons. The average molecular weight is 432 g/mol. The first-order chi connectivity index (χ1) is 15.1. The topological polar surface area (TPSA) is 81.9 Å². The fourth-order valence-electron chi connectivity index (χ4n) is 2.83. The molecule has 3 aromatic carbocycles. The minimum atomic E-state index is -0.177. The van der Waals surface area contributed by atoms with Gasteiger partial charge in [-0.3, -0.25) is 4.79 Å². The van der Waals surface area contributed by atoms with Gasteiger partial charge >= 0.3 is 0 Å². The Labute approximate surface area is 184 Å². The lowest BCUT2D eigenvalue weighted by molar-refractivity contribution is -0.113. The summed E-state index contributed by atoms with van der Waals surface area (Å²) in [5, 5.41) is 15.3. The Kier molecular flexibility index (Phi) is 6.28. The van der Waals surface area contributed by atoms with Gasteiger partial charge in [0.15, 0.2) is 5.75 Å². The largest absolute Gasteiger partial charge is 0.455 e. The first-order valence-electron chi connectivity index (χ1n) is 9.70. The Morgan fingerprint density at radius 2 is 1.65 bits per heavy atom. The molecule has 0 saturated heterocycles. The molecule has 0 spiro atoms. The van der Waals surface area contributed by atoms with Crippen LogP contribution in [0.4, 0.5) is 5.69 Å². The number of amides is 1. The summed E-state index contributed by atoms with van der Waals surface area (Å²) in [6.07, 6.45) is 0. The number of anilines is 1. The van der Waals surface area contributed by atoms with Gasteiger partial charge in [0.25, 0.3) is 0 Å². The Bertz CT molecular complexity index is 1170. The second kappa shape index (κ2) is 9.44. The predicted molar refractivity (Wildman–Crippen MR) is 121 cm³/mol. The molecule has 1 amide bonds. The average Bonchev–Trinajstić information content (AvgIpc) is 3.24. The zero-order chi connectivity index (χ0) is 21.6. The zero-order valence-corrected chi connectivity index (χ0v) is 18.0. The lowest BCUT2D eigenvalue weighted by Crippen LogP contribution is -2.15. The number of para-hydroxylation sites is 2. The van der Waals surface area contributed by atoms with Crippen LogP contribution in [0.2, 0.25) is 0 Å². The van der Waals surface area contributed by atoms with Gasteiger partial charge in [-0.1, -0.05) is 59.3 Å². The lowest BCUT2D eigenvalue weighted by atomic mass is 10.2. The molecule has 0 unspecified atom stereocenters. The van der Waals surface area contributed by atoms with Gasteiger partial charge < -0.3 is 10.1 Å². The van der Waals surface area contributed by atoms with Crippen LogP contribution in [0.5, 0.6) is 11.5 Å². The molecule has 0 saturated carbocycles. The maximum atomic E-state index is 12.6. The number of nitrogens with zero attached hydrogens (tertiary/aromatic N) is 4. The first-order valence-corrected chi connectivity index (χ1v) is 10.7. The van der Waals surface area contributed by atoms with Crippen LogP contribution in [0.25, 0.3) is 5.69 Å². The Hall–Kier alpha value is -3.65. The fraction of sp³-hybridized carbons (Fsp3) is 0.130. The number of ether oxygens (including phenoxy) is 1. The summed E-state index contributed by atoms with van der Waals surface area (Å²) in [5.41, 5.74) is 3.75. The van der Waals surface area contributed by atoms with E-state index in [0.717, 1.165) is 16.8 Å². The number of thioether (sulfide) groups is 1. The number of rotatable bonds is 7. The number of aryl methyl sites for hydroxylation is 2. The van der Waals surface area contributed by atoms with Crippen LogP contribution in [-0.4, -0.2) is 31.9 Å². The van der Waals surface area contributed by atoms with Crippen molar-refractivity contribution in [1.29, 1.82) is 0 Å². The summed E-state index contributed by atoms with van der Waals surface area (Å²) in [6, 6.07) is 22.9. The highest BCUT2D eigenvalue weighted by molar-refractivity contribution is 7.99. The predicted octanol–water partition coefficient (Wildman–Crippen LogP) is 4.80. The van der Waals surface area contributed by atoms with Crippen LogP contribution >= 0.6 is 11.8 Å². The molecular formula is C23H21N5O2S. The SMILES string of the molecule is Cc1ccc(Oc2ccccc2NC(=O)CSc2nnnn2-c2ccc(C)cc2)cc1. The molecule has 4 rings (SSSR count). The van der Waals surface area contributed by atoms with Crippen molar-refractivity contribution in [3.05, 3.63) is 83.9 Å². The number of carbonyl (C=O) groups excluding carboxylic acids is 1. The smallest absolute Gasteiger partial charge is 0.234 e. The van der Waals surface area contributed by atoms with E-state index in [4.69, 9.17) is 4.74 Å². The molecule has 4 aromatic rings. The minimum Gasteiger partial charge on any atom is -0.455 e. The van der Waals surface area contributed by atoms with Crippen molar-refractivity contribution >= 4 is 23.4 Å². The number of tetrazole rings is 1. The molecule has 8 heteroatoms. The normalized spacial score (nSPS) is 10.6. The third kappa shape index (κ3) is 5.29. The van der Waals surface area contributed by atoms with E-state index in [1.165, 1.54) is 11.8 Å². The van der Waals surface area contributed by atoms with E-state index in [9.17, 15) is 4.79 Å². The van der Waals surface area contributed by atoms with Crippen LogP contribution in [0.3, 0.4) is 0 Å². The highest BCUT2D eigenvalue weighted by Crippen LogP contribution is 2.29. The Morgan fingerprint density at radius 1 is 0.968 bits per heavy atom. The summed E-state index contributed by atoms with van der Waals surface area (Å²) >= 11 is 1.27. The first kappa shape index (κ1) is 20.6. The number of nitrogens with one attached hydrogen (secondary N) is 1. The highest BCUT2D eigenvalue weighted by atomic mass is 32.2. The third-order valence-corrected chi connectivity index (χ3v) is 5.38. The van der Waals surface area contributed by atoms with Gasteiger partial charge in [0.05, 0.1) is 17.1 Å². The van der Waals surface area contributed by atoms with Crippen LogP contribution in [0.1, 0.15) is 11.1 Å². The summed E-state index contributed by atoms with van der Waals surface area (Å²) in [4.78, 5) is 12.6. The van der Waals surface area contributed by atoms with E-state index in [0.29, 0.717) is 22.3 Å². The van der Waals surface area contributed by atoms with Crippen molar-refractivity contribution in [3.8, 4) is 17.2 Å². The van der Waals surface area contributed by atoms with Crippen molar-refractivity contribution in [2.24, 2.45) is 0 Å². The van der Waals surface area contributed by atoms with Gasteiger partial charge in [-0.15, -0.1) is 5.10 Å². The molecule has 0 aliphatic heterocycles. The van der Waals surface area contributed by atoms with Crippen LogP contribution in [0, 0.1) is 13.8 Å². The molecule has 1 aromatic heterocycles. The molecule has 0 aliphatic carbocycles. The van der Waals surface area contributed by atoms with Crippen molar-refractivity contribution in [3.63, 3.8) is 0 Å². The molecule has 1 N–H and O–H groups in total. The molecule has 31 heavy (non-hydrogen) atoms. The van der Waals surface area contributed by atoms with Crippen molar-refractivity contribution in [2.45, 2.75) is 19.0 Å². The Morgan fingerprint density at radius 3 is 2.39 bits per heavy atom. The van der Waals surface area contributed by atoms with E-state index < -0.39 is 0 Å². The quantitative estimate of drug-likeness (QED) is 0.423. The minimum absolute atomic E-state index is 0.158. The van der Waals surface area contributed by atoms with Gasteiger partial charge in [0.1, 0.15) is 5.75 Å². The van der Waals surface area contributed by atoms with Gasteiger partial charge in [-0.25, -0.2) is 0 Å². The molecule has 0 atom stereocenters. The van der Waals surface area contributed by atoms with E-state index in [-0.39, 0.29) is 11.7 Å².